The predicted octanol–water partition coefficient (Wildman–Crippen LogP) is 3.26. The van der Waals surface area contributed by atoms with Crippen molar-refractivity contribution in [2.24, 2.45) is 5.73 Å². The molecular formula is C16H12BrN3O. The summed E-state index contributed by atoms with van der Waals surface area (Å²) in [6, 6.07) is 13.7. The van der Waals surface area contributed by atoms with Crippen LogP contribution in [0.25, 0.3) is 23.0 Å². The smallest absolute Gasteiger partial charge is 0.241 e. The van der Waals surface area contributed by atoms with Gasteiger partial charge in [0.1, 0.15) is 5.65 Å². The molecule has 0 unspecified atom stereocenters. The Morgan fingerprint density at radius 3 is 2.67 bits per heavy atom. The summed E-state index contributed by atoms with van der Waals surface area (Å²) in [5, 5.41) is 0. The number of fused-ring (bicyclic) bond motifs is 1. The molecular weight excluding hydrogens is 330 g/mol. The van der Waals surface area contributed by atoms with E-state index in [1.807, 2.05) is 53.1 Å². The van der Waals surface area contributed by atoms with Crippen molar-refractivity contribution in [3.05, 3.63) is 64.9 Å². The van der Waals surface area contributed by atoms with E-state index in [4.69, 9.17) is 5.73 Å². The SMILES string of the molecule is NC(=O)/C=C/c1c(-c2ccccc2)nc2ccc(Br)cn12. The number of benzene rings is 1. The number of hydrogen-bond donors (Lipinski definition) is 1. The van der Waals surface area contributed by atoms with E-state index in [1.165, 1.54) is 6.08 Å². The quantitative estimate of drug-likeness (QED) is 0.743. The first-order chi connectivity index (χ1) is 10.1. The minimum Gasteiger partial charge on any atom is -0.366 e. The average molecular weight is 342 g/mol. The van der Waals surface area contributed by atoms with Crippen molar-refractivity contribution in [3.63, 3.8) is 0 Å². The van der Waals surface area contributed by atoms with Gasteiger partial charge in [-0.3, -0.25) is 9.20 Å². The van der Waals surface area contributed by atoms with E-state index in [0.717, 1.165) is 27.1 Å². The zero-order valence-electron chi connectivity index (χ0n) is 11.0. The van der Waals surface area contributed by atoms with Crippen molar-refractivity contribution >= 4 is 33.6 Å². The normalized spacial score (nSPS) is 11.3. The number of aromatic nitrogens is 2. The third-order valence-corrected chi connectivity index (χ3v) is 3.54. The second kappa shape index (κ2) is 5.54. The maximum absolute atomic E-state index is 11.0. The van der Waals surface area contributed by atoms with Gasteiger partial charge in [0.25, 0.3) is 0 Å². The Balaban J connectivity index is 2.28. The Labute approximate surface area is 130 Å². The number of primary amides is 1. The van der Waals surface area contributed by atoms with Crippen molar-refractivity contribution in [1.29, 1.82) is 0 Å². The Hall–Kier alpha value is -2.40. The maximum atomic E-state index is 11.0. The van der Waals surface area contributed by atoms with Gasteiger partial charge in [-0.25, -0.2) is 4.98 Å². The molecule has 4 nitrogen and oxygen atoms in total. The van der Waals surface area contributed by atoms with Crippen LogP contribution in [0.5, 0.6) is 0 Å². The molecule has 1 aromatic carbocycles. The number of rotatable bonds is 3. The molecule has 1 amide bonds. The molecule has 0 saturated carbocycles. The van der Waals surface area contributed by atoms with Crippen LogP contribution in [0.2, 0.25) is 0 Å². The molecule has 5 heteroatoms. The van der Waals surface area contributed by atoms with Gasteiger partial charge in [0.15, 0.2) is 0 Å². The van der Waals surface area contributed by atoms with Crippen LogP contribution in [-0.4, -0.2) is 15.3 Å². The molecule has 3 aromatic rings. The lowest BCUT2D eigenvalue weighted by Crippen LogP contribution is -2.05. The van der Waals surface area contributed by atoms with Crippen molar-refractivity contribution < 1.29 is 4.79 Å². The minimum atomic E-state index is -0.487. The lowest BCUT2D eigenvalue weighted by atomic mass is 10.1. The monoisotopic (exact) mass is 341 g/mol. The van der Waals surface area contributed by atoms with Crippen LogP contribution in [0.15, 0.2) is 59.2 Å². The standard InChI is InChI=1S/C16H12BrN3O/c17-12-6-9-15-19-16(11-4-2-1-3-5-11)13(20(15)10-12)7-8-14(18)21/h1-10H,(H2,18,21)/b8-7+. The van der Waals surface area contributed by atoms with Crippen LogP contribution >= 0.6 is 15.9 Å². The molecule has 0 aliphatic rings. The number of carbonyl (C=O) groups excluding carboxylic acids is 1. The molecule has 2 N–H and O–H groups in total. The fourth-order valence-electron chi connectivity index (χ4n) is 2.17. The highest BCUT2D eigenvalue weighted by molar-refractivity contribution is 9.10. The van der Waals surface area contributed by atoms with Gasteiger partial charge >= 0.3 is 0 Å². The zero-order valence-corrected chi connectivity index (χ0v) is 12.6. The summed E-state index contributed by atoms with van der Waals surface area (Å²) in [5.41, 5.74) is 8.63. The van der Waals surface area contributed by atoms with Crippen molar-refractivity contribution in [3.8, 4) is 11.3 Å². The molecule has 0 aliphatic heterocycles. The first-order valence-electron chi connectivity index (χ1n) is 6.36. The van der Waals surface area contributed by atoms with Crippen LogP contribution in [-0.2, 0) is 4.79 Å². The van der Waals surface area contributed by atoms with Crippen LogP contribution in [0.4, 0.5) is 0 Å². The van der Waals surface area contributed by atoms with Gasteiger partial charge in [0, 0.05) is 22.3 Å². The Morgan fingerprint density at radius 2 is 1.95 bits per heavy atom. The van der Waals surface area contributed by atoms with E-state index >= 15 is 0 Å². The second-order valence-electron chi connectivity index (χ2n) is 4.52. The van der Waals surface area contributed by atoms with Crippen molar-refractivity contribution in [2.45, 2.75) is 0 Å². The highest BCUT2D eigenvalue weighted by atomic mass is 79.9. The van der Waals surface area contributed by atoms with Crippen LogP contribution in [0.3, 0.4) is 0 Å². The molecule has 0 radical (unpaired) electrons. The van der Waals surface area contributed by atoms with E-state index in [-0.39, 0.29) is 0 Å². The summed E-state index contributed by atoms with van der Waals surface area (Å²) in [6.45, 7) is 0. The number of nitrogens with zero attached hydrogens (tertiary/aromatic N) is 2. The molecule has 0 aliphatic carbocycles. The maximum Gasteiger partial charge on any atom is 0.241 e. The van der Waals surface area contributed by atoms with Gasteiger partial charge < -0.3 is 5.73 Å². The zero-order chi connectivity index (χ0) is 14.8. The second-order valence-corrected chi connectivity index (χ2v) is 5.44. The number of hydrogen-bond acceptors (Lipinski definition) is 2. The molecule has 104 valence electrons. The Bertz CT molecular complexity index is 837. The third-order valence-electron chi connectivity index (χ3n) is 3.07. The number of pyridine rings is 1. The lowest BCUT2D eigenvalue weighted by Gasteiger charge is -2.01. The summed E-state index contributed by atoms with van der Waals surface area (Å²) >= 11 is 3.45. The number of imidazole rings is 1. The fourth-order valence-corrected chi connectivity index (χ4v) is 2.50. The van der Waals surface area contributed by atoms with Gasteiger partial charge in [-0.1, -0.05) is 30.3 Å². The molecule has 0 atom stereocenters. The van der Waals surface area contributed by atoms with Crippen LogP contribution in [0, 0.1) is 0 Å². The third kappa shape index (κ3) is 2.73. The summed E-state index contributed by atoms with van der Waals surface area (Å²) in [4.78, 5) is 15.7. The van der Waals surface area contributed by atoms with Gasteiger partial charge in [0.05, 0.1) is 11.4 Å². The summed E-state index contributed by atoms with van der Waals surface area (Å²) in [7, 11) is 0. The molecule has 0 saturated heterocycles. The lowest BCUT2D eigenvalue weighted by molar-refractivity contribution is -0.113. The molecule has 0 bridgehead atoms. The average Bonchev–Trinajstić information content (AvgIpc) is 2.84. The first-order valence-corrected chi connectivity index (χ1v) is 7.15. The Kier molecular flexibility index (Phi) is 3.58. The Morgan fingerprint density at radius 1 is 1.19 bits per heavy atom. The molecule has 0 spiro atoms. The van der Waals surface area contributed by atoms with Crippen molar-refractivity contribution in [2.75, 3.05) is 0 Å². The van der Waals surface area contributed by atoms with Crippen LogP contribution in [0.1, 0.15) is 5.69 Å². The van der Waals surface area contributed by atoms with E-state index in [2.05, 4.69) is 20.9 Å². The minimum absolute atomic E-state index is 0.487. The van der Waals surface area contributed by atoms with E-state index in [0.29, 0.717) is 0 Å². The summed E-state index contributed by atoms with van der Waals surface area (Å²) in [6.07, 6.45) is 4.95. The van der Waals surface area contributed by atoms with Crippen LogP contribution < -0.4 is 5.73 Å². The highest BCUT2D eigenvalue weighted by Crippen LogP contribution is 2.26. The van der Waals surface area contributed by atoms with Gasteiger partial charge in [-0.15, -0.1) is 0 Å². The number of carbonyl (C=O) groups is 1. The summed E-state index contributed by atoms with van der Waals surface area (Å²) < 4.78 is 2.85. The molecule has 0 fully saturated rings. The number of amides is 1. The summed E-state index contributed by atoms with van der Waals surface area (Å²) in [5.74, 6) is -0.487. The topological polar surface area (TPSA) is 60.4 Å². The van der Waals surface area contributed by atoms with E-state index in [9.17, 15) is 4.79 Å². The van der Waals surface area contributed by atoms with E-state index < -0.39 is 5.91 Å². The van der Waals surface area contributed by atoms with E-state index in [1.54, 1.807) is 6.08 Å². The first kappa shape index (κ1) is 13.6. The molecule has 2 aromatic heterocycles. The van der Waals surface area contributed by atoms with Gasteiger partial charge in [0.2, 0.25) is 5.91 Å². The fraction of sp³-hybridized carbons (Fsp3) is 0. The highest BCUT2D eigenvalue weighted by Gasteiger charge is 2.12. The molecule has 2 heterocycles. The predicted molar refractivity (Wildman–Crippen MR) is 86.6 cm³/mol. The van der Waals surface area contributed by atoms with Crippen molar-refractivity contribution in [1.82, 2.24) is 9.38 Å². The number of nitrogens with two attached hydrogens (primary N) is 1. The number of halogens is 1. The van der Waals surface area contributed by atoms with Gasteiger partial charge in [-0.05, 0) is 34.1 Å². The van der Waals surface area contributed by atoms with Gasteiger partial charge in [-0.2, -0.15) is 0 Å². The molecule has 3 rings (SSSR count). The molecule has 21 heavy (non-hydrogen) atoms. The largest absolute Gasteiger partial charge is 0.366 e.